The molecule has 0 saturated carbocycles. The molecular weight excluding hydrogens is 218 g/mol. The molecule has 1 N–H and O–H groups in total. The van der Waals surface area contributed by atoms with Crippen LogP contribution in [0.2, 0.25) is 0 Å². The van der Waals surface area contributed by atoms with Crippen LogP contribution < -0.4 is 0 Å². The number of aliphatic carboxylic acids is 1. The van der Waals surface area contributed by atoms with Crippen LogP contribution in [0.15, 0.2) is 18.7 Å². The summed E-state index contributed by atoms with van der Waals surface area (Å²) in [5.74, 6) is -0.585. The number of likely N-dealkylation sites (tertiary alicyclic amines) is 1. The maximum Gasteiger partial charge on any atom is 0.308 e. The highest BCUT2D eigenvalue weighted by Crippen LogP contribution is 2.23. The lowest BCUT2D eigenvalue weighted by Crippen LogP contribution is -2.25. The minimum Gasteiger partial charge on any atom is -0.481 e. The molecular formula is C12H19N3O2. The van der Waals surface area contributed by atoms with Crippen LogP contribution in [0.1, 0.15) is 13.3 Å². The van der Waals surface area contributed by atoms with E-state index >= 15 is 0 Å². The number of rotatable bonds is 5. The van der Waals surface area contributed by atoms with Crippen molar-refractivity contribution < 1.29 is 9.90 Å². The van der Waals surface area contributed by atoms with E-state index < -0.39 is 5.97 Å². The van der Waals surface area contributed by atoms with Crippen LogP contribution in [-0.4, -0.2) is 45.2 Å². The summed E-state index contributed by atoms with van der Waals surface area (Å²) in [7, 11) is 0. The predicted octanol–water partition coefficient (Wildman–Crippen LogP) is 0.926. The van der Waals surface area contributed by atoms with Crippen LogP contribution in [0.25, 0.3) is 0 Å². The van der Waals surface area contributed by atoms with Crippen LogP contribution in [0.5, 0.6) is 0 Å². The van der Waals surface area contributed by atoms with E-state index in [1.165, 1.54) is 0 Å². The third-order valence-electron chi connectivity index (χ3n) is 3.46. The summed E-state index contributed by atoms with van der Waals surface area (Å²) in [6.07, 6.45) is 6.58. The van der Waals surface area contributed by atoms with Gasteiger partial charge in [0.2, 0.25) is 0 Å². The topological polar surface area (TPSA) is 58.4 Å². The molecule has 1 saturated heterocycles. The SMILES string of the molecule is CC1CN(CCCn2ccnc2)CC1C(=O)O. The van der Waals surface area contributed by atoms with Crippen LogP contribution in [0.4, 0.5) is 0 Å². The quantitative estimate of drug-likeness (QED) is 0.827. The van der Waals surface area contributed by atoms with Crippen molar-refractivity contribution in [3.63, 3.8) is 0 Å². The fraction of sp³-hybridized carbons (Fsp3) is 0.667. The Hall–Kier alpha value is -1.36. The van der Waals surface area contributed by atoms with Crippen LogP contribution in [-0.2, 0) is 11.3 Å². The lowest BCUT2D eigenvalue weighted by molar-refractivity contribution is -0.142. The molecule has 2 unspecified atom stereocenters. The summed E-state index contributed by atoms with van der Waals surface area (Å²) < 4.78 is 2.05. The first-order chi connectivity index (χ1) is 8.16. The Morgan fingerprint density at radius 3 is 2.88 bits per heavy atom. The van der Waals surface area contributed by atoms with Gasteiger partial charge in [-0.05, 0) is 18.9 Å². The zero-order chi connectivity index (χ0) is 12.3. The maximum atomic E-state index is 11.0. The van der Waals surface area contributed by atoms with E-state index in [1.807, 2.05) is 24.0 Å². The molecule has 17 heavy (non-hydrogen) atoms. The number of aryl methyl sites for hydroxylation is 1. The number of imidazole rings is 1. The minimum absolute atomic E-state index is 0.191. The molecule has 1 aromatic rings. The standard InChI is InChI=1S/C12H19N3O2/c1-10-7-15(8-11(10)12(16)17)5-2-4-14-6-3-13-9-14/h3,6,9-11H,2,4-5,7-8H2,1H3,(H,16,17). The highest BCUT2D eigenvalue weighted by atomic mass is 16.4. The summed E-state index contributed by atoms with van der Waals surface area (Å²) in [5, 5.41) is 9.04. The van der Waals surface area contributed by atoms with Crippen molar-refractivity contribution in [2.45, 2.75) is 19.9 Å². The van der Waals surface area contributed by atoms with Crippen molar-refractivity contribution in [1.29, 1.82) is 0 Å². The molecule has 2 heterocycles. The molecule has 1 fully saturated rings. The van der Waals surface area contributed by atoms with Crippen LogP contribution in [0, 0.1) is 11.8 Å². The van der Waals surface area contributed by atoms with Crippen molar-refractivity contribution in [3.05, 3.63) is 18.7 Å². The number of aromatic nitrogens is 2. The highest BCUT2D eigenvalue weighted by molar-refractivity contribution is 5.71. The van der Waals surface area contributed by atoms with Crippen molar-refractivity contribution in [2.24, 2.45) is 11.8 Å². The van der Waals surface area contributed by atoms with E-state index in [4.69, 9.17) is 5.11 Å². The molecule has 94 valence electrons. The van der Waals surface area contributed by atoms with E-state index in [1.54, 1.807) is 6.20 Å². The predicted molar refractivity (Wildman–Crippen MR) is 63.6 cm³/mol. The van der Waals surface area contributed by atoms with Gasteiger partial charge in [0.1, 0.15) is 0 Å². The first kappa shape index (κ1) is 12.1. The van der Waals surface area contributed by atoms with E-state index in [0.717, 1.165) is 26.1 Å². The number of hydrogen-bond donors (Lipinski definition) is 1. The first-order valence-corrected chi connectivity index (χ1v) is 6.07. The molecule has 1 aliphatic heterocycles. The molecule has 5 nitrogen and oxygen atoms in total. The summed E-state index contributed by atoms with van der Waals surface area (Å²) >= 11 is 0. The molecule has 0 spiro atoms. The zero-order valence-electron chi connectivity index (χ0n) is 10.1. The van der Waals surface area contributed by atoms with Gasteiger partial charge in [-0.15, -0.1) is 0 Å². The van der Waals surface area contributed by atoms with Crippen LogP contribution >= 0.6 is 0 Å². The zero-order valence-corrected chi connectivity index (χ0v) is 10.1. The second-order valence-electron chi connectivity index (χ2n) is 4.84. The Labute approximate surface area is 101 Å². The highest BCUT2D eigenvalue weighted by Gasteiger charge is 2.34. The smallest absolute Gasteiger partial charge is 0.308 e. The monoisotopic (exact) mass is 237 g/mol. The molecule has 1 aliphatic rings. The normalized spacial score (nSPS) is 25.2. The second kappa shape index (κ2) is 5.31. The van der Waals surface area contributed by atoms with Gasteiger partial charge in [-0.1, -0.05) is 6.92 Å². The van der Waals surface area contributed by atoms with Gasteiger partial charge < -0.3 is 14.6 Å². The van der Waals surface area contributed by atoms with Crippen molar-refractivity contribution in [1.82, 2.24) is 14.5 Å². The lowest BCUT2D eigenvalue weighted by Gasteiger charge is -2.14. The molecule has 5 heteroatoms. The summed E-state index contributed by atoms with van der Waals surface area (Å²) in [6.45, 7) is 5.53. The van der Waals surface area contributed by atoms with Crippen molar-refractivity contribution >= 4 is 5.97 Å². The molecule has 1 aromatic heterocycles. The van der Waals surface area contributed by atoms with E-state index in [9.17, 15) is 4.79 Å². The van der Waals surface area contributed by atoms with Gasteiger partial charge in [-0.25, -0.2) is 4.98 Å². The number of carbonyl (C=O) groups is 1. The van der Waals surface area contributed by atoms with Crippen LogP contribution in [0.3, 0.4) is 0 Å². The third kappa shape index (κ3) is 3.06. The van der Waals surface area contributed by atoms with Gasteiger partial charge in [-0.3, -0.25) is 4.79 Å². The third-order valence-corrected chi connectivity index (χ3v) is 3.46. The molecule has 0 aromatic carbocycles. The Bertz CT molecular complexity index is 364. The molecule has 2 rings (SSSR count). The van der Waals surface area contributed by atoms with Gasteiger partial charge in [-0.2, -0.15) is 0 Å². The van der Waals surface area contributed by atoms with Gasteiger partial charge in [0.05, 0.1) is 12.2 Å². The van der Waals surface area contributed by atoms with E-state index in [-0.39, 0.29) is 11.8 Å². The minimum atomic E-state index is -0.658. The lowest BCUT2D eigenvalue weighted by atomic mass is 9.99. The first-order valence-electron chi connectivity index (χ1n) is 6.07. The molecule has 0 amide bonds. The number of hydrogen-bond acceptors (Lipinski definition) is 3. The molecule has 0 bridgehead atoms. The van der Waals surface area contributed by atoms with Gasteiger partial charge >= 0.3 is 5.97 Å². The van der Waals surface area contributed by atoms with Crippen molar-refractivity contribution in [3.8, 4) is 0 Å². The molecule has 0 aliphatic carbocycles. The van der Waals surface area contributed by atoms with E-state index in [2.05, 4.69) is 9.88 Å². The number of carboxylic acid groups (broad SMARTS) is 1. The van der Waals surface area contributed by atoms with Gasteiger partial charge in [0, 0.05) is 32.0 Å². The largest absolute Gasteiger partial charge is 0.481 e. The second-order valence-corrected chi connectivity index (χ2v) is 4.84. The van der Waals surface area contributed by atoms with Crippen molar-refractivity contribution in [2.75, 3.05) is 19.6 Å². The van der Waals surface area contributed by atoms with E-state index in [0.29, 0.717) is 6.54 Å². The average Bonchev–Trinajstić information content (AvgIpc) is 2.88. The summed E-state index contributed by atoms with van der Waals surface area (Å²) in [4.78, 5) is 17.2. The fourth-order valence-corrected chi connectivity index (χ4v) is 2.47. The van der Waals surface area contributed by atoms with Gasteiger partial charge in [0.15, 0.2) is 0 Å². The Kier molecular flexibility index (Phi) is 3.78. The molecule has 0 radical (unpaired) electrons. The molecule has 2 atom stereocenters. The summed E-state index contributed by atoms with van der Waals surface area (Å²) in [6, 6.07) is 0. The fourth-order valence-electron chi connectivity index (χ4n) is 2.47. The maximum absolute atomic E-state index is 11.0. The average molecular weight is 237 g/mol. The van der Waals surface area contributed by atoms with Gasteiger partial charge in [0.25, 0.3) is 0 Å². The Morgan fingerprint density at radius 2 is 2.29 bits per heavy atom. The Morgan fingerprint density at radius 1 is 1.47 bits per heavy atom. The number of carboxylic acids is 1. The number of nitrogens with zero attached hydrogens (tertiary/aromatic N) is 3. The Balaban J connectivity index is 1.72. The summed E-state index contributed by atoms with van der Waals surface area (Å²) in [5.41, 5.74) is 0.